The molecular weight excluding hydrogens is 339 g/mol. The molecule has 1 N–H and O–H groups in total. The lowest BCUT2D eigenvalue weighted by Gasteiger charge is -2.10. The van der Waals surface area contributed by atoms with Crippen LogP contribution in [0, 0.1) is 11.6 Å². The molecule has 0 fully saturated rings. The SMILES string of the molecule is Fc1ccc(CNc2c(Cl)cc(Cl)c3nsnc23)cc1F. The van der Waals surface area contributed by atoms with E-state index in [4.69, 9.17) is 23.2 Å². The van der Waals surface area contributed by atoms with Gasteiger partial charge in [0.25, 0.3) is 0 Å². The lowest BCUT2D eigenvalue weighted by atomic mass is 10.2. The summed E-state index contributed by atoms with van der Waals surface area (Å²) in [5.41, 5.74) is 2.25. The Morgan fingerprint density at radius 3 is 2.52 bits per heavy atom. The highest BCUT2D eigenvalue weighted by molar-refractivity contribution is 7.00. The van der Waals surface area contributed by atoms with Gasteiger partial charge < -0.3 is 5.32 Å². The summed E-state index contributed by atoms with van der Waals surface area (Å²) in [4.78, 5) is 0. The second kappa shape index (κ2) is 5.71. The highest BCUT2D eigenvalue weighted by Crippen LogP contribution is 2.35. The van der Waals surface area contributed by atoms with E-state index in [1.54, 1.807) is 6.07 Å². The molecule has 0 bridgehead atoms. The fourth-order valence-electron chi connectivity index (χ4n) is 1.88. The van der Waals surface area contributed by atoms with Gasteiger partial charge in [-0.3, -0.25) is 0 Å². The maximum absolute atomic E-state index is 13.2. The number of benzene rings is 2. The number of fused-ring (bicyclic) bond motifs is 1. The summed E-state index contributed by atoms with van der Waals surface area (Å²) >= 11 is 13.2. The zero-order valence-electron chi connectivity index (χ0n) is 10.3. The van der Waals surface area contributed by atoms with Gasteiger partial charge in [0.2, 0.25) is 0 Å². The molecule has 1 heterocycles. The van der Waals surface area contributed by atoms with Crippen molar-refractivity contribution in [1.82, 2.24) is 8.75 Å². The molecule has 108 valence electrons. The van der Waals surface area contributed by atoms with Crippen molar-refractivity contribution in [3.05, 3.63) is 51.5 Å². The Hall–Kier alpha value is -1.50. The van der Waals surface area contributed by atoms with Crippen LogP contribution in [0.2, 0.25) is 10.0 Å². The molecule has 3 rings (SSSR count). The molecule has 1 aromatic heterocycles. The van der Waals surface area contributed by atoms with Crippen LogP contribution in [0.3, 0.4) is 0 Å². The largest absolute Gasteiger partial charge is 0.378 e. The summed E-state index contributed by atoms with van der Waals surface area (Å²) < 4.78 is 34.3. The van der Waals surface area contributed by atoms with Crippen LogP contribution in [0.15, 0.2) is 24.3 Å². The van der Waals surface area contributed by atoms with Crippen LogP contribution in [-0.2, 0) is 6.54 Å². The van der Waals surface area contributed by atoms with E-state index in [2.05, 4.69) is 14.1 Å². The molecule has 3 aromatic rings. The summed E-state index contributed by atoms with van der Waals surface area (Å²) in [5, 5.41) is 3.87. The zero-order chi connectivity index (χ0) is 15.0. The van der Waals surface area contributed by atoms with Crippen molar-refractivity contribution in [3.63, 3.8) is 0 Å². The van der Waals surface area contributed by atoms with Crippen molar-refractivity contribution in [2.45, 2.75) is 6.54 Å². The van der Waals surface area contributed by atoms with Gasteiger partial charge in [-0.05, 0) is 23.8 Å². The maximum atomic E-state index is 13.2. The maximum Gasteiger partial charge on any atom is 0.159 e. The molecule has 0 atom stereocenters. The van der Waals surface area contributed by atoms with Crippen LogP contribution in [0.1, 0.15) is 5.56 Å². The normalized spacial score (nSPS) is 11.0. The van der Waals surface area contributed by atoms with Crippen LogP contribution in [-0.4, -0.2) is 8.75 Å². The van der Waals surface area contributed by atoms with Crippen molar-refractivity contribution in [1.29, 1.82) is 0 Å². The van der Waals surface area contributed by atoms with Crippen LogP contribution in [0.4, 0.5) is 14.5 Å². The summed E-state index contributed by atoms with van der Waals surface area (Å²) in [5.74, 6) is -1.77. The Kier molecular flexibility index (Phi) is 3.93. The highest BCUT2D eigenvalue weighted by Gasteiger charge is 2.14. The molecule has 0 aliphatic carbocycles. The van der Waals surface area contributed by atoms with Gasteiger partial charge in [-0.2, -0.15) is 8.75 Å². The van der Waals surface area contributed by atoms with E-state index in [1.165, 1.54) is 6.07 Å². The number of anilines is 1. The second-order valence-electron chi connectivity index (χ2n) is 4.28. The average Bonchev–Trinajstić information content (AvgIpc) is 2.92. The molecule has 21 heavy (non-hydrogen) atoms. The summed E-state index contributed by atoms with van der Waals surface area (Å²) in [6.07, 6.45) is 0. The fourth-order valence-corrected chi connectivity index (χ4v) is 3.06. The lowest BCUT2D eigenvalue weighted by Crippen LogP contribution is -2.02. The molecule has 0 amide bonds. The van der Waals surface area contributed by atoms with E-state index in [-0.39, 0.29) is 6.54 Å². The predicted molar refractivity (Wildman–Crippen MR) is 81.1 cm³/mol. The van der Waals surface area contributed by atoms with Crippen LogP contribution in [0.5, 0.6) is 0 Å². The third kappa shape index (κ3) is 2.79. The Bertz CT molecular complexity index is 823. The van der Waals surface area contributed by atoms with Gasteiger partial charge in [-0.1, -0.05) is 29.3 Å². The summed E-state index contributed by atoms with van der Waals surface area (Å²) in [6.45, 7) is 0.269. The number of nitrogens with zero attached hydrogens (tertiary/aromatic N) is 2. The van der Waals surface area contributed by atoms with Crippen molar-refractivity contribution < 1.29 is 8.78 Å². The predicted octanol–water partition coefficient (Wildman–Crippen LogP) is 4.89. The van der Waals surface area contributed by atoms with Gasteiger partial charge in [-0.15, -0.1) is 0 Å². The molecular formula is C13H7Cl2F2N3S. The molecule has 0 aliphatic rings. The van der Waals surface area contributed by atoms with E-state index in [9.17, 15) is 8.78 Å². The summed E-state index contributed by atoms with van der Waals surface area (Å²) in [7, 11) is 0. The fraction of sp³-hybridized carbons (Fsp3) is 0.0769. The Labute approximate surface area is 132 Å². The Morgan fingerprint density at radius 2 is 1.76 bits per heavy atom. The third-order valence-electron chi connectivity index (χ3n) is 2.90. The minimum absolute atomic E-state index is 0.269. The van der Waals surface area contributed by atoms with E-state index < -0.39 is 11.6 Å². The van der Waals surface area contributed by atoms with Crippen molar-refractivity contribution in [2.24, 2.45) is 0 Å². The van der Waals surface area contributed by atoms with E-state index >= 15 is 0 Å². The molecule has 2 aromatic carbocycles. The number of nitrogens with one attached hydrogen (secondary N) is 1. The van der Waals surface area contributed by atoms with Crippen LogP contribution >= 0.6 is 34.9 Å². The number of rotatable bonds is 3. The van der Waals surface area contributed by atoms with Crippen LogP contribution < -0.4 is 5.32 Å². The van der Waals surface area contributed by atoms with Gasteiger partial charge >= 0.3 is 0 Å². The average molecular weight is 346 g/mol. The number of hydrogen-bond donors (Lipinski definition) is 1. The number of aromatic nitrogens is 2. The number of halogens is 4. The van der Waals surface area contributed by atoms with Gasteiger partial charge in [-0.25, -0.2) is 8.78 Å². The van der Waals surface area contributed by atoms with Gasteiger partial charge in [0, 0.05) is 6.54 Å². The lowest BCUT2D eigenvalue weighted by molar-refractivity contribution is 0.507. The summed E-state index contributed by atoms with van der Waals surface area (Å²) in [6, 6.07) is 5.27. The minimum Gasteiger partial charge on any atom is -0.378 e. The minimum atomic E-state index is -0.892. The molecule has 0 saturated heterocycles. The van der Waals surface area contributed by atoms with Crippen molar-refractivity contribution >= 4 is 51.7 Å². The molecule has 0 saturated carbocycles. The Morgan fingerprint density at radius 1 is 1.00 bits per heavy atom. The van der Waals surface area contributed by atoms with E-state index in [0.717, 1.165) is 23.9 Å². The molecule has 0 spiro atoms. The van der Waals surface area contributed by atoms with Gasteiger partial charge in [0.1, 0.15) is 11.0 Å². The van der Waals surface area contributed by atoms with Crippen molar-refractivity contribution in [2.75, 3.05) is 5.32 Å². The van der Waals surface area contributed by atoms with Gasteiger partial charge in [0.05, 0.1) is 27.5 Å². The highest BCUT2D eigenvalue weighted by atomic mass is 35.5. The van der Waals surface area contributed by atoms with E-state index in [0.29, 0.717) is 32.3 Å². The molecule has 0 unspecified atom stereocenters. The zero-order valence-corrected chi connectivity index (χ0v) is 12.7. The first-order valence-corrected chi connectivity index (χ1v) is 7.33. The smallest absolute Gasteiger partial charge is 0.159 e. The first-order valence-electron chi connectivity index (χ1n) is 5.84. The first-order chi connectivity index (χ1) is 10.1. The standard InChI is InChI=1S/C13H7Cl2F2N3S/c14-7-4-8(15)12-13(20-21-19-12)11(7)18-5-6-1-2-9(16)10(17)3-6/h1-4,18H,5H2. The van der Waals surface area contributed by atoms with Crippen molar-refractivity contribution in [3.8, 4) is 0 Å². The molecule has 8 heteroatoms. The van der Waals surface area contributed by atoms with Crippen LogP contribution in [0.25, 0.3) is 11.0 Å². The number of hydrogen-bond acceptors (Lipinski definition) is 4. The van der Waals surface area contributed by atoms with E-state index in [1.807, 2.05) is 0 Å². The first kappa shape index (κ1) is 14.4. The quantitative estimate of drug-likeness (QED) is 0.734. The third-order valence-corrected chi connectivity index (χ3v) is 4.01. The molecule has 0 radical (unpaired) electrons. The molecule has 0 aliphatic heterocycles. The molecule has 3 nitrogen and oxygen atoms in total. The Balaban J connectivity index is 1.91. The second-order valence-corrected chi connectivity index (χ2v) is 5.62. The monoisotopic (exact) mass is 345 g/mol. The van der Waals surface area contributed by atoms with Gasteiger partial charge in [0.15, 0.2) is 11.6 Å². The topological polar surface area (TPSA) is 37.8 Å².